The predicted molar refractivity (Wildman–Crippen MR) is 110 cm³/mol. The van der Waals surface area contributed by atoms with Crippen molar-refractivity contribution in [2.75, 3.05) is 111 Å². The van der Waals surface area contributed by atoms with E-state index in [1.807, 2.05) is 0 Å². The fourth-order valence-electron chi connectivity index (χ4n) is 1.80. The van der Waals surface area contributed by atoms with Crippen molar-refractivity contribution >= 4 is 18.5 Å². The molecule has 0 aromatic rings. The second kappa shape index (κ2) is 25.5. The van der Waals surface area contributed by atoms with E-state index in [0.717, 1.165) is 0 Å². The van der Waals surface area contributed by atoms with E-state index in [1.165, 1.54) is 0 Å². The largest absolute Gasteiger partial charge is 0.394 e. The molecule has 0 atom stereocenters. The number of aliphatic hydroxyl groups is 1. The van der Waals surface area contributed by atoms with Gasteiger partial charge in [-0.2, -0.15) is 12.6 Å². The number of amides is 1. The molecule has 0 aromatic heterocycles. The highest BCUT2D eigenvalue weighted by Gasteiger charge is 1.96. The summed E-state index contributed by atoms with van der Waals surface area (Å²) in [7, 11) is 0. The summed E-state index contributed by atoms with van der Waals surface area (Å²) in [4.78, 5) is 10.9. The van der Waals surface area contributed by atoms with Crippen molar-refractivity contribution in [1.29, 1.82) is 0 Å². The third-order valence-corrected chi connectivity index (χ3v) is 3.47. The Morgan fingerprint density at radius 1 is 0.586 bits per heavy atom. The van der Waals surface area contributed by atoms with Gasteiger partial charge in [0.1, 0.15) is 0 Å². The molecular weight excluding hydrogens is 406 g/mol. The van der Waals surface area contributed by atoms with Gasteiger partial charge in [-0.15, -0.1) is 0 Å². The van der Waals surface area contributed by atoms with Crippen LogP contribution < -0.4 is 5.32 Å². The average molecular weight is 444 g/mol. The average Bonchev–Trinajstić information content (AvgIpc) is 2.74. The monoisotopic (exact) mass is 443 g/mol. The van der Waals surface area contributed by atoms with E-state index in [-0.39, 0.29) is 18.3 Å². The van der Waals surface area contributed by atoms with E-state index in [0.29, 0.717) is 99.0 Å². The number of thiol groups is 1. The number of aliphatic hydroxyl groups excluding tert-OH is 1. The van der Waals surface area contributed by atoms with E-state index in [4.69, 9.17) is 38.3 Å². The molecule has 0 saturated heterocycles. The molecule has 0 spiro atoms. The van der Waals surface area contributed by atoms with Crippen molar-refractivity contribution in [1.82, 2.24) is 5.32 Å². The number of carbonyl (C=O) groups is 1. The number of carbonyl (C=O) groups excluding carboxylic acids is 1. The summed E-state index contributed by atoms with van der Waals surface area (Å²) >= 11 is 3.86. The van der Waals surface area contributed by atoms with Gasteiger partial charge in [-0.3, -0.25) is 4.79 Å². The Morgan fingerprint density at radius 2 is 0.897 bits per heavy atom. The van der Waals surface area contributed by atoms with E-state index < -0.39 is 0 Å². The van der Waals surface area contributed by atoms with Crippen molar-refractivity contribution in [3.63, 3.8) is 0 Å². The van der Waals surface area contributed by atoms with Crippen LogP contribution in [0.15, 0.2) is 0 Å². The number of hydrogen-bond acceptors (Lipinski definition) is 10. The smallest absolute Gasteiger partial charge is 0.229 e. The summed E-state index contributed by atoms with van der Waals surface area (Å²) < 4.78 is 37.1. The minimum Gasteiger partial charge on any atom is -0.394 e. The molecule has 10 nitrogen and oxygen atoms in total. The number of hydrogen-bond donors (Lipinski definition) is 3. The molecular formula is C18H37NO9S. The molecule has 0 aromatic carbocycles. The normalized spacial score (nSPS) is 11.1. The molecule has 29 heavy (non-hydrogen) atoms. The second-order valence-corrected chi connectivity index (χ2v) is 5.83. The molecule has 0 heterocycles. The second-order valence-electron chi connectivity index (χ2n) is 5.52. The molecule has 0 aliphatic heterocycles. The van der Waals surface area contributed by atoms with Gasteiger partial charge in [0.25, 0.3) is 0 Å². The fourth-order valence-corrected chi connectivity index (χ4v) is 1.92. The van der Waals surface area contributed by atoms with Crippen LogP contribution in [0.3, 0.4) is 0 Å². The van der Waals surface area contributed by atoms with Crippen LogP contribution in [0, 0.1) is 0 Å². The Morgan fingerprint density at radius 3 is 1.21 bits per heavy atom. The summed E-state index contributed by atoms with van der Waals surface area (Å²) in [6.45, 7) is 7.23. The van der Waals surface area contributed by atoms with Crippen molar-refractivity contribution in [2.24, 2.45) is 0 Å². The first-order chi connectivity index (χ1) is 14.3. The molecule has 174 valence electrons. The lowest BCUT2D eigenvalue weighted by atomic mass is 10.6. The number of rotatable bonds is 24. The zero-order valence-electron chi connectivity index (χ0n) is 17.2. The molecule has 0 aliphatic carbocycles. The Kier molecular flexibility index (Phi) is 25.1. The molecule has 1 amide bonds. The third kappa shape index (κ3) is 25.5. The molecule has 0 rings (SSSR count). The molecule has 0 aliphatic rings. The molecule has 0 bridgehead atoms. The van der Waals surface area contributed by atoms with E-state index >= 15 is 0 Å². The standard InChI is InChI=1S/C18H37NO9S/c20-2-4-23-6-8-25-10-12-27-14-16-28-15-13-26-11-9-24-7-5-22-3-1-19-18(21)17-29/h20,29H,1-17H2,(H,19,21). The molecule has 0 saturated carbocycles. The quantitative estimate of drug-likeness (QED) is 0.130. The highest BCUT2D eigenvalue weighted by Crippen LogP contribution is 1.85. The van der Waals surface area contributed by atoms with E-state index in [2.05, 4.69) is 17.9 Å². The van der Waals surface area contributed by atoms with E-state index in [1.54, 1.807) is 0 Å². The zero-order valence-corrected chi connectivity index (χ0v) is 18.1. The zero-order chi connectivity index (χ0) is 21.3. The van der Waals surface area contributed by atoms with E-state index in [9.17, 15) is 4.79 Å². The lowest BCUT2D eigenvalue weighted by Gasteiger charge is -2.08. The van der Waals surface area contributed by atoms with Crippen LogP contribution in [0.5, 0.6) is 0 Å². The Hall–Kier alpha value is -0.500. The van der Waals surface area contributed by atoms with Crippen molar-refractivity contribution in [2.45, 2.75) is 0 Å². The van der Waals surface area contributed by atoms with Crippen molar-refractivity contribution in [3.05, 3.63) is 0 Å². The van der Waals surface area contributed by atoms with Gasteiger partial charge in [-0.1, -0.05) is 0 Å². The maximum Gasteiger partial charge on any atom is 0.229 e. The van der Waals surface area contributed by atoms with Crippen molar-refractivity contribution < 1.29 is 43.1 Å². The molecule has 2 N–H and O–H groups in total. The van der Waals surface area contributed by atoms with Gasteiger partial charge in [-0.25, -0.2) is 0 Å². The van der Waals surface area contributed by atoms with Crippen LogP contribution in [-0.4, -0.2) is 122 Å². The summed E-state index contributed by atoms with van der Waals surface area (Å²) in [5, 5.41) is 11.2. The highest BCUT2D eigenvalue weighted by molar-refractivity contribution is 7.81. The Balaban J connectivity index is 3.01. The third-order valence-electron chi connectivity index (χ3n) is 3.18. The predicted octanol–water partition coefficient (Wildman–Crippen LogP) is -0.859. The molecule has 11 heteroatoms. The van der Waals surface area contributed by atoms with Crippen LogP contribution in [0.2, 0.25) is 0 Å². The molecule has 0 unspecified atom stereocenters. The molecule has 0 radical (unpaired) electrons. The summed E-state index contributed by atoms with van der Waals surface area (Å²) in [6.07, 6.45) is 0. The van der Waals surface area contributed by atoms with Crippen LogP contribution in [-0.2, 0) is 38.0 Å². The Bertz CT molecular complexity index is 340. The number of nitrogens with one attached hydrogen (secondary N) is 1. The molecule has 0 fully saturated rings. The van der Waals surface area contributed by atoms with Gasteiger partial charge in [0.05, 0.1) is 105 Å². The van der Waals surface area contributed by atoms with Gasteiger partial charge < -0.3 is 43.6 Å². The summed E-state index contributed by atoms with van der Waals surface area (Å²) in [5.41, 5.74) is 0. The van der Waals surface area contributed by atoms with Gasteiger partial charge in [0.15, 0.2) is 0 Å². The SMILES string of the molecule is O=C(CS)NCCOCCOCCOCCOCCOCCOCCOCCO. The van der Waals surface area contributed by atoms with Crippen LogP contribution >= 0.6 is 12.6 Å². The van der Waals surface area contributed by atoms with Crippen LogP contribution in [0.1, 0.15) is 0 Å². The first-order valence-corrected chi connectivity index (χ1v) is 10.5. The van der Waals surface area contributed by atoms with Gasteiger partial charge >= 0.3 is 0 Å². The Labute approximate surface area is 178 Å². The number of ether oxygens (including phenoxy) is 7. The minimum absolute atomic E-state index is 0.0265. The summed E-state index contributed by atoms with van der Waals surface area (Å²) in [6, 6.07) is 0. The minimum atomic E-state index is -0.107. The van der Waals surface area contributed by atoms with Gasteiger partial charge in [-0.05, 0) is 0 Å². The maximum absolute atomic E-state index is 10.9. The maximum atomic E-state index is 10.9. The lowest BCUT2D eigenvalue weighted by Crippen LogP contribution is -2.28. The fraction of sp³-hybridized carbons (Fsp3) is 0.944. The first kappa shape index (κ1) is 28.5. The van der Waals surface area contributed by atoms with Crippen molar-refractivity contribution in [3.8, 4) is 0 Å². The lowest BCUT2D eigenvalue weighted by molar-refractivity contribution is -0.118. The first-order valence-electron chi connectivity index (χ1n) is 9.84. The van der Waals surface area contributed by atoms with Crippen LogP contribution in [0.25, 0.3) is 0 Å². The van der Waals surface area contributed by atoms with Crippen LogP contribution in [0.4, 0.5) is 0 Å². The highest BCUT2D eigenvalue weighted by atomic mass is 32.1. The summed E-state index contributed by atoms with van der Waals surface area (Å²) in [5.74, 6) is 0.0752. The topological polar surface area (TPSA) is 114 Å². The van der Waals surface area contributed by atoms with Gasteiger partial charge in [0, 0.05) is 6.54 Å². The van der Waals surface area contributed by atoms with Gasteiger partial charge in [0.2, 0.25) is 5.91 Å².